The summed E-state index contributed by atoms with van der Waals surface area (Å²) < 4.78 is 44.5. The molecule has 10 heteroatoms. The zero-order valence-electron chi connectivity index (χ0n) is 21.6. The largest absolute Gasteiger partial charge is 0.478 e. The number of thiazole rings is 1. The van der Waals surface area contributed by atoms with Gasteiger partial charge in [-0.15, -0.1) is 11.3 Å². The van der Waals surface area contributed by atoms with Gasteiger partial charge in [0.25, 0.3) is 5.91 Å². The molecule has 202 valence electrons. The van der Waals surface area contributed by atoms with E-state index in [0.29, 0.717) is 40.0 Å². The van der Waals surface area contributed by atoms with Gasteiger partial charge in [0.2, 0.25) is 0 Å². The van der Waals surface area contributed by atoms with Crippen LogP contribution in [0.15, 0.2) is 42.5 Å². The molecule has 1 fully saturated rings. The number of hydrogen-bond donors (Lipinski definition) is 1. The molecule has 1 aromatic heterocycles. The highest BCUT2D eigenvalue weighted by molar-refractivity contribution is 7.17. The Hall–Kier alpha value is -3.40. The number of carbonyl (C=O) groups is 2. The van der Waals surface area contributed by atoms with Gasteiger partial charge in [0.05, 0.1) is 11.3 Å². The number of benzene rings is 2. The fraction of sp³-hybridized carbons (Fsp3) is 0.393. The number of carbonyl (C=O) groups excluding carboxylic acids is 1. The van der Waals surface area contributed by atoms with E-state index < -0.39 is 23.3 Å². The summed E-state index contributed by atoms with van der Waals surface area (Å²) in [6.45, 7) is 7.65. The molecule has 38 heavy (non-hydrogen) atoms. The van der Waals surface area contributed by atoms with Gasteiger partial charge >= 0.3 is 12.1 Å². The number of alkyl halides is 3. The predicted molar refractivity (Wildman–Crippen MR) is 139 cm³/mol. The van der Waals surface area contributed by atoms with Gasteiger partial charge in [-0.2, -0.15) is 13.2 Å². The van der Waals surface area contributed by atoms with Gasteiger partial charge in [0, 0.05) is 24.6 Å². The van der Waals surface area contributed by atoms with E-state index in [4.69, 9.17) is 4.74 Å². The SMILES string of the molecule is Cc1ccc([C@H]2CCCN(C(=O)c3sc(-c4ccc(C(F)(F)F)cc4)nc3C)C2)cc1OC(C)(C)C(=O)O. The van der Waals surface area contributed by atoms with E-state index in [9.17, 15) is 27.9 Å². The molecule has 2 aromatic carbocycles. The summed E-state index contributed by atoms with van der Waals surface area (Å²) in [5.41, 5.74) is 0.740. The average Bonchev–Trinajstić information content (AvgIpc) is 3.26. The summed E-state index contributed by atoms with van der Waals surface area (Å²) in [6, 6.07) is 10.5. The third kappa shape index (κ3) is 5.85. The summed E-state index contributed by atoms with van der Waals surface area (Å²) in [7, 11) is 0. The van der Waals surface area contributed by atoms with E-state index in [1.807, 2.05) is 25.1 Å². The highest BCUT2D eigenvalue weighted by Gasteiger charge is 2.32. The number of halogens is 3. The summed E-state index contributed by atoms with van der Waals surface area (Å²) in [6.07, 6.45) is -2.75. The van der Waals surface area contributed by atoms with Crippen molar-refractivity contribution in [3.63, 3.8) is 0 Å². The number of likely N-dealkylation sites (tertiary alicyclic amines) is 1. The molecule has 0 unspecified atom stereocenters. The smallest absolute Gasteiger partial charge is 0.416 e. The molecular weight excluding hydrogens is 517 g/mol. The molecule has 0 saturated carbocycles. The Morgan fingerprint density at radius 3 is 2.42 bits per heavy atom. The normalized spacial score (nSPS) is 16.4. The Balaban J connectivity index is 1.52. The number of carboxylic acids is 1. The van der Waals surface area contributed by atoms with E-state index >= 15 is 0 Å². The van der Waals surface area contributed by atoms with Crippen molar-refractivity contribution in [1.29, 1.82) is 0 Å². The minimum Gasteiger partial charge on any atom is -0.478 e. The first-order valence-corrected chi connectivity index (χ1v) is 13.0. The molecule has 2 heterocycles. The standard InChI is InChI=1S/C28H29F3N2O4S/c1-16-7-8-19(14-22(16)37-27(3,4)26(35)36)20-6-5-13-33(15-20)25(34)23-17(2)32-24(38-23)18-9-11-21(12-10-18)28(29,30)31/h7-12,14,20H,5-6,13,15H2,1-4H3,(H,35,36)/t20-/m0/s1. The van der Waals surface area contributed by atoms with E-state index in [-0.39, 0.29) is 11.8 Å². The van der Waals surface area contributed by atoms with Crippen LogP contribution in [0.1, 0.15) is 64.7 Å². The summed E-state index contributed by atoms with van der Waals surface area (Å²) in [5, 5.41) is 9.93. The monoisotopic (exact) mass is 546 g/mol. The third-order valence-corrected chi connectivity index (χ3v) is 7.92. The molecule has 4 rings (SSSR count). The van der Waals surface area contributed by atoms with Gasteiger partial charge in [-0.1, -0.05) is 24.3 Å². The van der Waals surface area contributed by atoms with Crippen molar-refractivity contribution in [3.8, 4) is 16.3 Å². The lowest BCUT2D eigenvalue weighted by Gasteiger charge is -2.33. The number of nitrogens with zero attached hydrogens (tertiary/aromatic N) is 2. The molecule has 0 radical (unpaired) electrons. The van der Waals surface area contributed by atoms with Gasteiger partial charge in [0.15, 0.2) is 5.60 Å². The number of aliphatic carboxylic acids is 1. The van der Waals surface area contributed by atoms with Gasteiger partial charge in [0.1, 0.15) is 15.6 Å². The van der Waals surface area contributed by atoms with Crippen LogP contribution in [0.2, 0.25) is 0 Å². The molecule has 1 atom stereocenters. The van der Waals surface area contributed by atoms with E-state index in [0.717, 1.165) is 36.1 Å². The zero-order chi connectivity index (χ0) is 27.8. The lowest BCUT2D eigenvalue weighted by molar-refractivity contribution is -0.152. The molecule has 1 amide bonds. The molecule has 6 nitrogen and oxygen atoms in total. The molecule has 1 N–H and O–H groups in total. The molecule has 1 saturated heterocycles. The van der Waals surface area contributed by atoms with Crippen molar-refractivity contribution in [3.05, 3.63) is 69.7 Å². The van der Waals surface area contributed by atoms with Crippen LogP contribution in [-0.2, 0) is 11.0 Å². The lowest BCUT2D eigenvalue weighted by atomic mass is 9.89. The second-order valence-electron chi connectivity index (χ2n) is 10.0. The van der Waals surface area contributed by atoms with Crippen LogP contribution < -0.4 is 4.74 Å². The average molecular weight is 547 g/mol. The number of aryl methyl sites for hydroxylation is 2. The van der Waals surface area contributed by atoms with Crippen LogP contribution in [0.5, 0.6) is 5.75 Å². The maximum atomic E-state index is 13.5. The fourth-order valence-corrected chi connectivity index (χ4v) is 5.44. The number of carboxylic acid groups (broad SMARTS) is 1. The number of aromatic nitrogens is 1. The number of ether oxygens (including phenoxy) is 1. The van der Waals surface area contributed by atoms with Crippen molar-refractivity contribution < 1.29 is 32.6 Å². The predicted octanol–water partition coefficient (Wildman–Crippen LogP) is 6.71. The van der Waals surface area contributed by atoms with Crippen LogP contribution in [0.25, 0.3) is 10.6 Å². The Labute approximate surface area is 223 Å². The van der Waals surface area contributed by atoms with Crippen molar-refractivity contribution in [2.45, 2.75) is 58.2 Å². The highest BCUT2D eigenvalue weighted by atomic mass is 32.1. The molecule has 0 spiro atoms. The van der Waals surface area contributed by atoms with Crippen LogP contribution in [0, 0.1) is 13.8 Å². The van der Waals surface area contributed by atoms with Crippen molar-refractivity contribution >= 4 is 23.2 Å². The Morgan fingerprint density at radius 1 is 1.11 bits per heavy atom. The van der Waals surface area contributed by atoms with Crippen LogP contribution >= 0.6 is 11.3 Å². The first-order chi connectivity index (χ1) is 17.8. The molecule has 3 aromatic rings. The van der Waals surface area contributed by atoms with E-state index in [1.54, 1.807) is 11.8 Å². The number of hydrogen-bond acceptors (Lipinski definition) is 5. The third-order valence-electron chi connectivity index (χ3n) is 6.72. The summed E-state index contributed by atoms with van der Waals surface area (Å²) in [5.74, 6) is -0.671. The van der Waals surface area contributed by atoms with Crippen molar-refractivity contribution in [2.24, 2.45) is 0 Å². The fourth-order valence-electron chi connectivity index (χ4n) is 4.40. The Kier molecular flexibility index (Phi) is 7.56. The van der Waals surface area contributed by atoms with Crippen molar-refractivity contribution in [2.75, 3.05) is 13.1 Å². The second kappa shape index (κ2) is 10.4. The van der Waals surface area contributed by atoms with Gasteiger partial charge < -0.3 is 14.7 Å². The minimum atomic E-state index is -4.42. The number of rotatable bonds is 6. The van der Waals surface area contributed by atoms with Gasteiger partial charge in [-0.05, 0) is 69.9 Å². The maximum absolute atomic E-state index is 13.5. The molecule has 0 bridgehead atoms. The van der Waals surface area contributed by atoms with Crippen LogP contribution in [0.3, 0.4) is 0 Å². The Bertz CT molecular complexity index is 1350. The molecule has 0 aliphatic carbocycles. The second-order valence-corrected chi connectivity index (χ2v) is 11.0. The Morgan fingerprint density at radius 2 is 1.79 bits per heavy atom. The lowest BCUT2D eigenvalue weighted by Crippen LogP contribution is -2.39. The van der Waals surface area contributed by atoms with E-state index in [1.165, 1.54) is 37.3 Å². The minimum absolute atomic E-state index is 0.0474. The van der Waals surface area contributed by atoms with Gasteiger partial charge in [-0.3, -0.25) is 4.79 Å². The highest BCUT2D eigenvalue weighted by Crippen LogP contribution is 2.36. The molecule has 1 aliphatic rings. The topological polar surface area (TPSA) is 79.7 Å². The summed E-state index contributed by atoms with van der Waals surface area (Å²) in [4.78, 5) is 31.7. The number of piperidine rings is 1. The molecular formula is C28H29F3N2O4S. The maximum Gasteiger partial charge on any atom is 0.416 e. The number of amides is 1. The van der Waals surface area contributed by atoms with Gasteiger partial charge in [-0.25, -0.2) is 9.78 Å². The summed E-state index contributed by atoms with van der Waals surface area (Å²) >= 11 is 1.18. The van der Waals surface area contributed by atoms with Crippen LogP contribution in [-0.4, -0.2) is 45.6 Å². The van der Waals surface area contributed by atoms with E-state index in [2.05, 4.69) is 4.98 Å². The van der Waals surface area contributed by atoms with Crippen molar-refractivity contribution in [1.82, 2.24) is 9.88 Å². The van der Waals surface area contributed by atoms with Crippen LogP contribution in [0.4, 0.5) is 13.2 Å². The first-order valence-electron chi connectivity index (χ1n) is 12.2. The first kappa shape index (κ1) is 27.6. The quantitative estimate of drug-likeness (QED) is 0.372. The molecule has 1 aliphatic heterocycles. The zero-order valence-corrected chi connectivity index (χ0v) is 22.4.